The summed E-state index contributed by atoms with van der Waals surface area (Å²) in [5, 5.41) is 2.98. The van der Waals surface area contributed by atoms with Crippen LogP contribution in [0.25, 0.3) is 11.1 Å². The minimum atomic E-state index is -0.378. The third kappa shape index (κ3) is 9.79. The van der Waals surface area contributed by atoms with Gasteiger partial charge in [0.15, 0.2) is 0 Å². The van der Waals surface area contributed by atoms with E-state index in [1.54, 1.807) is 0 Å². The minimum Gasteiger partial charge on any atom is -0.446 e. The SMILES string of the molecule is CN(CCN1CCC(OC(=O)Nc2ccccc2-c2ccccc2)CC1)CCN(Cc1ccccc1)Cc1ccccc1. The molecule has 1 aliphatic heterocycles. The van der Waals surface area contributed by atoms with Gasteiger partial charge in [-0.3, -0.25) is 10.2 Å². The van der Waals surface area contributed by atoms with Crippen LogP contribution >= 0.6 is 0 Å². The number of carbonyl (C=O) groups excluding carboxylic acids is 1. The fourth-order valence-corrected chi connectivity index (χ4v) is 5.64. The second kappa shape index (κ2) is 16.0. The van der Waals surface area contributed by atoms with Gasteiger partial charge in [-0.05, 0) is 42.6 Å². The zero-order chi connectivity index (χ0) is 29.7. The molecule has 0 atom stereocenters. The Bertz CT molecular complexity index is 1330. The summed E-state index contributed by atoms with van der Waals surface area (Å²) < 4.78 is 5.83. The van der Waals surface area contributed by atoms with Gasteiger partial charge in [-0.15, -0.1) is 0 Å². The molecule has 1 saturated heterocycles. The normalized spacial score (nSPS) is 14.2. The van der Waals surface area contributed by atoms with Gasteiger partial charge in [0.25, 0.3) is 0 Å². The molecule has 0 aliphatic carbocycles. The predicted octanol–water partition coefficient (Wildman–Crippen LogP) is 7.00. The first-order chi connectivity index (χ1) is 21.1. The number of amides is 1. The Kier molecular flexibility index (Phi) is 11.4. The third-order valence-electron chi connectivity index (χ3n) is 8.15. The minimum absolute atomic E-state index is 0.0533. The third-order valence-corrected chi connectivity index (χ3v) is 8.15. The number of likely N-dealkylation sites (N-methyl/N-ethyl adjacent to an activating group) is 1. The molecule has 6 heteroatoms. The van der Waals surface area contributed by atoms with Crippen LogP contribution in [0.4, 0.5) is 10.5 Å². The maximum atomic E-state index is 12.8. The Balaban J connectivity index is 1.03. The highest BCUT2D eigenvalue weighted by atomic mass is 16.6. The van der Waals surface area contributed by atoms with Crippen molar-refractivity contribution in [2.24, 2.45) is 0 Å². The van der Waals surface area contributed by atoms with Crippen LogP contribution < -0.4 is 5.32 Å². The van der Waals surface area contributed by atoms with Gasteiger partial charge in [-0.1, -0.05) is 109 Å². The van der Waals surface area contributed by atoms with Crippen molar-refractivity contribution in [1.29, 1.82) is 0 Å². The average Bonchev–Trinajstić information content (AvgIpc) is 3.05. The quantitative estimate of drug-likeness (QED) is 0.186. The van der Waals surface area contributed by atoms with Crippen molar-refractivity contribution in [2.75, 3.05) is 51.6 Å². The van der Waals surface area contributed by atoms with Gasteiger partial charge in [-0.25, -0.2) is 4.79 Å². The number of likely N-dealkylation sites (tertiary alicyclic amines) is 1. The molecule has 0 bridgehead atoms. The molecule has 0 aromatic heterocycles. The van der Waals surface area contributed by atoms with Crippen molar-refractivity contribution < 1.29 is 9.53 Å². The molecule has 0 spiro atoms. The van der Waals surface area contributed by atoms with Gasteiger partial charge in [0, 0.05) is 57.9 Å². The van der Waals surface area contributed by atoms with E-state index in [0.717, 1.165) is 82.0 Å². The molecule has 43 heavy (non-hydrogen) atoms. The van der Waals surface area contributed by atoms with E-state index in [9.17, 15) is 4.79 Å². The molecule has 1 N–H and O–H groups in total. The first kappa shape index (κ1) is 30.5. The van der Waals surface area contributed by atoms with Crippen molar-refractivity contribution in [1.82, 2.24) is 14.7 Å². The lowest BCUT2D eigenvalue weighted by molar-refractivity contribution is 0.0561. The number of nitrogens with zero attached hydrogens (tertiary/aromatic N) is 3. The Morgan fingerprint density at radius 2 is 1.30 bits per heavy atom. The lowest BCUT2D eigenvalue weighted by Crippen LogP contribution is -2.42. The first-order valence-corrected chi connectivity index (χ1v) is 15.5. The fourth-order valence-electron chi connectivity index (χ4n) is 5.64. The maximum Gasteiger partial charge on any atom is 0.411 e. The van der Waals surface area contributed by atoms with Crippen molar-refractivity contribution >= 4 is 11.8 Å². The molecule has 4 aromatic rings. The number of rotatable bonds is 13. The highest BCUT2D eigenvalue weighted by Gasteiger charge is 2.23. The van der Waals surface area contributed by atoms with Crippen molar-refractivity contribution in [3.63, 3.8) is 0 Å². The Morgan fingerprint density at radius 1 is 0.744 bits per heavy atom. The fraction of sp³-hybridized carbons (Fsp3) is 0.324. The maximum absolute atomic E-state index is 12.8. The number of para-hydroxylation sites is 1. The monoisotopic (exact) mass is 576 g/mol. The number of hydrogen-bond acceptors (Lipinski definition) is 5. The van der Waals surface area contributed by atoms with Gasteiger partial charge in [0.2, 0.25) is 0 Å². The Hall–Kier alpha value is -3.97. The molecule has 224 valence electrons. The van der Waals surface area contributed by atoms with Crippen LogP contribution in [-0.4, -0.2) is 73.2 Å². The number of hydrogen-bond donors (Lipinski definition) is 1. The highest BCUT2D eigenvalue weighted by Crippen LogP contribution is 2.28. The van der Waals surface area contributed by atoms with Crippen molar-refractivity contribution in [3.8, 4) is 11.1 Å². The summed E-state index contributed by atoms with van der Waals surface area (Å²) in [6.07, 6.45) is 1.29. The van der Waals surface area contributed by atoms with Gasteiger partial charge >= 0.3 is 6.09 Å². The molecule has 1 aliphatic rings. The average molecular weight is 577 g/mol. The second-order valence-corrected chi connectivity index (χ2v) is 11.5. The lowest BCUT2D eigenvalue weighted by atomic mass is 10.0. The summed E-state index contributed by atoms with van der Waals surface area (Å²) in [7, 11) is 2.22. The summed E-state index contributed by atoms with van der Waals surface area (Å²) in [6.45, 7) is 7.86. The number of carbonyl (C=O) groups is 1. The van der Waals surface area contributed by atoms with Crippen LogP contribution in [0.15, 0.2) is 115 Å². The molecule has 0 unspecified atom stereocenters. The van der Waals surface area contributed by atoms with Crippen LogP contribution in [-0.2, 0) is 17.8 Å². The molecule has 5 rings (SSSR count). The highest BCUT2D eigenvalue weighted by molar-refractivity contribution is 5.91. The van der Waals surface area contributed by atoms with Gasteiger partial charge in [-0.2, -0.15) is 0 Å². The molecule has 0 radical (unpaired) electrons. The Morgan fingerprint density at radius 3 is 1.93 bits per heavy atom. The van der Waals surface area contributed by atoms with Crippen LogP contribution in [0.3, 0.4) is 0 Å². The van der Waals surface area contributed by atoms with Crippen LogP contribution in [0.2, 0.25) is 0 Å². The summed E-state index contributed by atoms with van der Waals surface area (Å²) in [6, 6.07) is 39.4. The number of anilines is 1. The largest absolute Gasteiger partial charge is 0.446 e. The van der Waals surface area contributed by atoms with Crippen LogP contribution in [0, 0.1) is 0 Å². The molecule has 6 nitrogen and oxygen atoms in total. The second-order valence-electron chi connectivity index (χ2n) is 11.5. The Labute approximate surface area is 256 Å². The van der Waals surface area contributed by atoms with Gasteiger partial charge in [0.05, 0.1) is 5.69 Å². The number of piperidine rings is 1. The molecular weight excluding hydrogens is 532 g/mol. The van der Waals surface area contributed by atoms with Crippen LogP contribution in [0.1, 0.15) is 24.0 Å². The van der Waals surface area contributed by atoms with Crippen molar-refractivity contribution in [3.05, 3.63) is 126 Å². The standard InChI is InChI=1S/C37H44N4O2/c1-39(26-28-41(29-31-13-5-2-6-14-31)30-32-15-7-3-8-16-32)25-27-40-23-21-34(22-24-40)43-37(42)38-36-20-12-11-19-35(36)33-17-9-4-10-18-33/h2-20,34H,21-30H2,1H3,(H,38,42). The zero-order valence-electron chi connectivity index (χ0n) is 25.3. The molecule has 4 aromatic carbocycles. The number of nitrogens with one attached hydrogen (secondary N) is 1. The summed E-state index contributed by atoms with van der Waals surface area (Å²) in [5.41, 5.74) is 5.52. The van der Waals surface area contributed by atoms with Gasteiger partial charge < -0.3 is 14.5 Å². The molecule has 0 saturated carbocycles. The van der Waals surface area contributed by atoms with E-state index < -0.39 is 0 Å². The lowest BCUT2D eigenvalue weighted by Gasteiger charge is -2.33. The van der Waals surface area contributed by atoms with E-state index in [1.807, 2.05) is 54.6 Å². The van der Waals surface area contributed by atoms with Crippen molar-refractivity contribution in [2.45, 2.75) is 32.0 Å². The number of benzene rings is 4. The molecule has 1 amide bonds. The number of ether oxygens (including phenoxy) is 1. The van der Waals surface area contributed by atoms with Crippen LogP contribution in [0.5, 0.6) is 0 Å². The predicted molar refractivity (Wildman–Crippen MR) is 176 cm³/mol. The summed E-state index contributed by atoms with van der Waals surface area (Å²) in [5.74, 6) is 0. The van der Waals surface area contributed by atoms with E-state index >= 15 is 0 Å². The smallest absolute Gasteiger partial charge is 0.411 e. The molecule has 1 fully saturated rings. The molecular formula is C37H44N4O2. The van der Waals surface area contributed by atoms with E-state index in [2.05, 4.69) is 87.7 Å². The van der Waals surface area contributed by atoms with E-state index in [-0.39, 0.29) is 12.2 Å². The summed E-state index contributed by atoms with van der Waals surface area (Å²) in [4.78, 5) is 20.2. The topological polar surface area (TPSA) is 48.1 Å². The zero-order valence-corrected chi connectivity index (χ0v) is 25.3. The summed E-state index contributed by atoms with van der Waals surface area (Å²) >= 11 is 0. The van der Waals surface area contributed by atoms with E-state index in [4.69, 9.17) is 4.74 Å². The molecule has 1 heterocycles. The van der Waals surface area contributed by atoms with E-state index in [0.29, 0.717) is 0 Å². The first-order valence-electron chi connectivity index (χ1n) is 15.5. The van der Waals surface area contributed by atoms with Gasteiger partial charge in [0.1, 0.15) is 6.10 Å². The van der Waals surface area contributed by atoms with E-state index in [1.165, 1.54) is 11.1 Å².